The minimum absolute atomic E-state index is 0.0911. The number of benzene rings is 1. The van der Waals surface area contributed by atoms with Gasteiger partial charge in [-0.25, -0.2) is 4.98 Å². The predicted molar refractivity (Wildman–Crippen MR) is 84.5 cm³/mol. The molecule has 1 atom stereocenters. The second kappa shape index (κ2) is 5.39. The van der Waals surface area contributed by atoms with Crippen molar-refractivity contribution in [2.75, 3.05) is 0 Å². The molecule has 0 bridgehead atoms. The molecule has 3 rings (SSSR count). The first-order chi connectivity index (χ1) is 10.1. The first-order valence-corrected chi connectivity index (χ1v) is 7.19. The molecule has 1 unspecified atom stereocenters. The van der Waals surface area contributed by atoms with Crippen LogP contribution in [-0.2, 0) is 0 Å². The Morgan fingerprint density at radius 2 is 2.14 bits per heavy atom. The molecule has 21 heavy (non-hydrogen) atoms. The van der Waals surface area contributed by atoms with E-state index in [9.17, 15) is 5.11 Å². The van der Waals surface area contributed by atoms with Gasteiger partial charge in [0.05, 0.1) is 5.02 Å². The lowest BCUT2D eigenvalue weighted by Crippen LogP contribution is -2.11. The highest BCUT2D eigenvalue weighted by Crippen LogP contribution is 2.35. The quantitative estimate of drug-likeness (QED) is 0.774. The molecule has 0 radical (unpaired) electrons. The van der Waals surface area contributed by atoms with E-state index in [1.165, 1.54) is 6.07 Å². The Bertz CT molecular complexity index is 797. The van der Waals surface area contributed by atoms with E-state index in [-0.39, 0.29) is 11.8 Å². The number of hydrogen-bond acceptors (Lipinski definition) is 3. The third-order valence-corrected chi connectivity index (χ3v) is 3.96. The zero-order valence-electron chi connectivity index (χ0n) is 11.6. The van der Waals surface area contributed by atoms with Crippen molar-refractivity contribution in [2.45, 2.75) is 19.4 Å². The minimum Gasteiger partial charge on any atom is -0.508 e. The number of aromatic hydroxyl groups is 1. The van der Waals surface area contributed by atoms with E-state index in [4.69, 9.17) is 17.3 Å². The average molecular weight is 302 g/mol. The van der Waals surface area contributed by atoms with Crippen LogP contribution in [0.5, 0.6) is 5.75 Å². The number of pyridine rings is 1. The van der Waals surface area contributed by atoms with Crippen molar-refractivity contribution in [1.29, 1.82) is 0 Å². The number of rotatable bonds is 3. The summed E-state index contributed by atoms with van der Waals surface area (Å²) in [6, 6.07) is 6.87. The molecule has 0 aliphatic rings. The summed E-state index contributed by atoms with van der Waals surface area (Å²) >= 11 is 6.28. The number of nitrogens with two attached hydrogens (primary N) is 1. The minimum atomic E-state index is -0.0911. The van der Waals surface area contributed by atoms with Gasteiger partial charge in [-0.2, -0.15) is 0 Å². The summed E-state index contributed by atoms with van der Waals surface area (Å²) in [7, 11) is 0. The number of hydrogen-bond donors (Lipinski definition) is 2. The number of fused-ring (bicyclic) bond motifs is 1. The third kappa shape index (κ3) is 2.48. The van der Waals surface area contributed by atoms with Gasteiger partial charge in [0.1, 0.15) is 11.4 Å². The number of phenols is 1. The first kappa shape index (κ1) is 13.9. The van der Waals surface area contributed by atoms with Crippen molar-refractivity contribution >= 4 is 17.2 Å². The molecule has 0 saturated heterocycles. The van der Waals surface area contributed by atoms with Crippen LogP contribution < -0.4 is 5.73 Å². The number of imidazole rings is 1. The SMILES string of the molecule is CCC(N)c1cc2nccn2cc1-c1ccc(O)cc1Cl. The van der Waals surface area contributed by atoms with Crippen LogP contribution in [0.15, 0.2) is 42.9 Å². The van der Waals surface area contributed by atoms with E-state index >= 15 is 0 Å². The summed E-state index contributed by atoms with van der Waals surface area (Å²) in [5, 5.41) is 10.0. The largest absolute Gasteiger partial charge is 0.508 e. The molecule has 1 aromatic carbocycles. The van der Waals surface area contributed by atoms with Gasteiger partial charge in [-0.3, -0.25) is 0 Å². The van der Waals surface area contributed by atoms with Crippen molar-refractivity contribution in [3.8, 4) is 16.9 Å². The van der Waals surface area contributed by atoms with Crippen molar-refractivity contribution in [3.05, 3.63) is 53.4 Å². The fraction of sp³-hybridized carbons (Fsp3) is 0.188. The highest BCUT2D eigenvalue weighted by Gasteiger charge is 2.15. The van der Waals surface area contributed by atoms with Crippen molar-refractivity contribution < 1.29 is 5.11 Å². The molecule has 3 aromatic rings. The molecule has 0 aliphatic carbocycles. The smallest absolute Gasteiger partial charge is 0.136 e. The Morgan fingerprint density at radius 1 is 1.33 bits per heavy atom. The molecule has 2 aromatic heterocycles. The van der Waals surface area contributed by atoms with Crippen LogP contribution in [0.2, 0.25) is 5.02 Å². The van der Waals surface area contributed by atoms with Crippen LogP contribution in [0, 0.1) is 0 Å². The molecule has 4 nitrogen and oxygen atoms in total. The maximum absolute atomic E-state index is 9.52. The molecule has 0 amide bonds. The van der Waals surface area contributed by atoms with E-state index in [2.05, 4.69) is 4.98 Å². The lowest BCUT2D eigenvalue weighted by molar-refractivity contribution is 0.475. The van der Waals surface area contributed by atoms with Crippen LogP contribution in [0.25, 0.3) is 16.8 Å². The molecular weight excluding hydrogens is 286 g/mol. The summed E-state index contributed by atoms with van der Waals surface area (Å²) in [5.74, 6) is 0.147. The highest BCUT2D eigenvalue weighted by molar-refractivity contribution is 6.33. The van der Waals surface area contributed by atoms with Gasteiger partial charge in [-0.1, -0.05) is 18.5 Å². The van der Waals surface area contributed by atoms with E-state index in [0.29, 0.717) is 5.02 Å². The van der Waals surface area contributed by atoms with Crippen molar-refractivity contribution in [3.63, 3.8) is 0 Å². The van der Waals surface area contributed by atoms with Gasteiger partial charge < -0.3 is 15.2 Å². The number of halogens is 1. The Morgan fingerprint density at radius 3 is 2.86 bits per heavy atom. The van der Waals surface area contributed by atoms with E-state index in [1.54, 1.807) is 12.3 Å². The van der Waals surface area contributed by atoms with Gasteiger partial charge in [0.2, 0.25) is 0 Å². The summed E-state index contributed by atoms with van der Waals surface area (Å²) in [6.07, 6.45) is 6.43. The van der Waals surface area contributed by atoms with Gasteiger partial charge in [0, 0.05) is 35.8 Å². The zero-order chi connectivity index (χ0) is 15.0. The van der Waals surface area contributed by atoms with Gasteiger partial charge in [0.15, 0.2) is 0 Å². The summed E-state index contributed by atoms with van der Waals surface area (Å²) in [5.41, 5.74) is 9.91. The molecule has 0 saturated carbocycles. The van der Waals surface area contributed by atoms with Crippen LogP contribution >= 0.6 is 11.6 Å². The maximum atomic E-state index is 9.52. The maximum Gasteiger partial charge on any atom is 0.136 e. The third-order valence-electron chi connectivity index (χ3n) is 3.64. The molecule has 0 spiro atoms. The molecule has 0 fully saturated rings. The van der Waals surface area contributed by atoms with Crippen LogP contribution in [-0.4, -0.2) is 14.5 Å². The first-order valence-electron chi connectivity index (χ1n) is 6.81. The molecule has 5 heteroatoms. The topological polar surface area (TPSA) is 63.5 Å². The second-order valence-corrected chi connectivity index (χ2v) is 5.42. The zero-order valence-corrected chi connectivity index (χ0v) is 12.4. The van der Waals surface area contributed by atoms with Crippen LogP contribution in [0.3, 0.4) is 0 Å². The molecule has 3 N–H and O–H groups in total. The number of aromatic nitrogens is 2. The Labute approximate surface area is 127 Å². The standard InChI is InChI=1S/C16H16ClN3O/c1-2-15(18)12-8-16-19-5-6-20(16)9-13(12)11-4-3-10(21)7-14(11)17/h3-9,15,21H,2,18H2,1H3. The van der Waals surface area contributed by atoms with Crippen LogP contribution in [0.4, 0.5) is 0 Å². The molecular formula is C16H16ClN3O. The average Bonchev–Trinajstić information content (AvgIpc) is 2.92. The van der Waals surface area contributed by atoms with E-state index in [1.807, 2.05) is 35.9 Å². The number of phenolic OH excluding ortho intramolecular Hbond substituents is 1. The Kier molecular flexibility index (Phi) is 3.57. The van der Waals surface area contributed by atoms with Gasteiger partial charge in [0.25, 0.3) is 0 Å². The van der Waals surface area contributed by atoms with Gasteiger partial charge in [-0.15, -0.1) is 0 Å². The fourth-order valence-electron chi connectivity index (χ4n) is 2.45. The summed E-state index contributed by atoms with van der Waals surface area (Å²) in [4.78, 5) is 4.30. The summed E-state index contributed by atoms with van der Waals surface area (Å²) in [6.45, 7) is 2.04. The van der Waals surface area contributed by atoms with E-state index < -0.39 is 0 Å². The normalized spacial score (nSPS) is 12.7. The fourth-order valence-corrected chi connectivity index (χ4v) is 2.73. The van der Waals surface area contributed by atoms with Gasteiger partial charge in [-0.05, 0) is 36.2 Å². The molecule has 2 heterocycles. The lowest BCUT2D eigenvalue weighted by Gasteiger charge is -2.17. The summed E-state index contributed by atoms with van der Waals surface area (Å²) < 4.78 is 1.93. The van der Waals surface area contributed by atoms with Crippen LogP contribution in [0.1, 0.15) is 24.9 Å². The monoisotopic (exact) mass is 301 g/mol. The van der Waals surface area contributed by atoms with Gasteiger partial charge >= 0.3 is 0 Å². The highest BCUT2D eigenvalue weighted by atomic mass is 35.5. The lowest BCUT2D eigenvalue weighted by atomic mass is 9.95. The predicted octanol–water partition coefficient (Wildman–Crippen LogP) is 3.77. The van der Waals surface area contributed by atoms with Crippen molar-refractivity contribution in [1.82, 2.24) is 9.38 Å². The Hall–Kier alpha value is -2.04. The molecule has 108 valence electrons. The van der Waals surface area contributed by atoms with E-state index in [0.717, 1.165) is 28.8 Å². The Balaban J connectivity index is 2.28. The van der Waals surface area contributed by atoms with Crippen molar-refractivity contribution in [2.24, 2.45) is 5.73 Å². The number of nitrogens with zero attached hydrogens (tertiary/aromatic N) is 2. The second-order valence-electron chi connectivity index (χ2n) is 5.01. The molecule has 0 aliphatic heterocycles.